The minimum Gasteiger partial charge on any atom is -0.325 e. The number of sulfonamides is 1. The van der Waals surface area contributed by atoms with E-state index < -0.39 is 15.9 Å². The van der Waals surface area contributed by atoms with Gasteiger partial charge in [-0.3, -0.25) is 9.10 Å². The first-order valence-corrected chi connectivity index (χ1v) is 10.7. The van der Waals surface area contributed by atoms with E-state index in [9.17, 15) is 13.2 Å². The van der Waals surface area contributed by atoms with Crippen LogP contribution in [-0.2, 0) is 14.8 Å². The molecule has 6 heteroatoms. The summed E-state index contributed by atoms with van der Waals surface area (Å²) in [5, 5.41) is 2.76. The molecule has 0 radical (unpaired) electrons. The van der Waals surface area contributed by atoms with Crippen molar-refractivity contribution in [1.82, 2.24) is 0 Å². The summed E-state index contributed by atoms with van der Waals surface area (Å²) in [6.45, 7) is 5.30. The highest BCUT2D eigenvalue weighted by Crippen LogP contribution is 2.28. The van der Waals surface area contributed by atoms with Crippen molar-refractivity contribution >= 4 is 27.3 Å². The normalized spacial score (nSPS) is 11.1. The molecule has 0 aromatic heterocycles. The summed E-state index contributed by atoms with van der Waals surface area (Å²) >= 11 is 0. The Kier molecular flexibility index (Phi) is 6.03. The fourth-order valence-corrected chi connectivity index (χ4v) is 4.46. The van der Waals surface area contributed by atoms with Gasteiger partial charge in [0, 0.05) is 5.69 Å². The molecule has 0 saturated heterocycles. The van der Waals surface area contributed by atoms with Gasteiger partial charge < -0.3 is 5.32 Å². The first-order valence-electron chi connectivity index (χ1n) is 9.29. The van der Waals surface area contributed by atoms with Crippen molar-refractivity contribution in [2.45, 2.75) is 25.7 Å². The topological polar surface area (TPSA) is 66.5 Å². The van der Waals surface area contributed by atoms with Gasteiger partial charge in [-0.25, -0.2) is 8.42 Å². The second-order valence-electron chi connectivity index (χ2n) is 7.03. The number of nitrogens with one attached hydrogen (secondary N) is 1. The monoisotopic (exact) mass is 408 g/mol. The van der Waals surface area contributed by atoms with Gasteiger partial charge in [-0.15, -0.1) is 0 Å². The van der Waals surface area contributed by atoms with Gasteiger partial charge in [-0.05, 0) is 62.2 Å². The van der Waals surface area contributed by atoms with Crippen LogP contribution in [0.4, 0.5) is 11.4 Å². The Balaban J connectivity index is 2.01. The summed E-state index contributed by atoms with van der Waals surface area (Å²) in [5.41, 5.74) is 3.76. The van der Waals surface area contributed by atoms with Crippen LogP contribution < -0.4 is 9.62 Å². The van der Waals surface area contributed by atoms with Crippen LogP contribution in [0.2, 0.25) is 0 Å². The van der Waals surface area contributed by atoms with Gasteiger partial charge in [0.15, 0.2) is 0 Å². The zero-order valence-corrected chi connectivity index (χ0v) is 17.5. The highest BCUT2D eigenvalue weighted by atomic mass is 32.2. The predicted octanol–water partition coefficient (Wildman–Crippen LogP) is 4.45. The molecule has 5 nitrogen and oxygen atoms in total. The molecule has 0 atom stereocenters. The van der Waals surface area contributed by atoms with Gasteiger partial charge in [0.2, 0.25) is 5.91 Å². The maximum Gasteiger partial charge on any atom is 0.264 e. The average molecular weight is 409 g/mol. The summed E-state index contributed by atoms with van der Waals surface area (Å²) in [6, 6.07) is 21.2. The zero-order valence-electron chi connectivity index (χ0n) is 16.7. The summed E-state index contributed by atoms with van der Waals surface area (Å²) < 4.78 is 28.1. The number of para-hydroxylation sites is 1. The van der Waals surface area contributed by atoms with E-state index in [2.05, 4.69) is 5.32 Å². The third kappa shape index (κ3) is 4.84. The Morgan fingerprint density at radius 3 is 2.14 bits per heavy atom. The average Bonchev–Trinajstić information content (AvgIpc) is 2.69. The molecule has 0 aliphatic heterocycles. The summed E-state index contributed by atoms with van der Waals surface area (Å²) in [6.07, 6.45) is 0. The lowest BCUT2D eigenvalue weighted by Crippen LogP contribution is -2.38. The van der Waals surface area contributed by atoms with Crippen LogP contribution >= 0.6 is 0 Å². The Labute approximate surface area is 172 Å². The van der Waals surface area contributed by atoms with E-state index in [1.807, 2.05) is 39.0 Å². The number of hydrogen-bond donors (Lipinski definition) is 1. The second kappa shape index (κ2) is 8.49. The van der Waals surface area contributed by atoms with E-state index in [-0.39, 0.29) is 11.4 Å². The summed E-state index contributed by atoms with van der Waals surface area (Å²) in [4.78, 5) is 12.9. The number of hydrogen-bond acceptors (Lipinski definition) is 3. The van der Waals surface area contributed by atoms with Crippen LogP contribution in [-0.4, -0.2) is 20.9 Å². The van der Waals surface area contributed by atoms with Crippen LogP contribution in [0.1, 0.15) is 16.7 Å². The van der Waals surface area contributed by atoms with Gasteiger partial charge in [0.05, 0.1) is 10.6 Å². The lowest BCUT2D eigenvalue weighted by molar-refractivity contribution is -0.114. The van der Waals surface area contributed by atoms with E-state index in [1.165, 1.54) is 4.31 Å². The highest BCUT2D eigenvalue weighted by molar-refractivity contribution is 7.92. The molecular weight excluding hydrogens is 384 g/mol. The molecule has 29 heavy (non-hydrogen) atoms. The molecule has 0 saturated carbocycles. The Morgan fingerprint density at radius 2 is 1.48 bits per heavy atom. The zero-order chi connectivity index (χ0) is 21.0. The number of aryl methyl sites for hydroxylation is 3. The standard InChI is InChI=1S/C23H24N2O3S/c1-17-10-13-21(14-11-17)29(27,28)25(22-15-18(2)9-12-19(22)3)16-23(26)24-20-7-5-4-6-8-20/h4-15H,16H2,1-3H3,(H,24,26). The molecule has 0 aliphatic carbocycles. The largest absolute Gasteiger partial charge is 0.325 e. The fraction of sp³-hybridized carbons (Fsp3) is 0.174. The Hall–Kier alpha value is -3.12. The van der Waals surface area contributed by atoms with E-state index in [0.29, 0.717) is 11.4 Å². The summed E-state index contributed by atoms with van der Waals surface area (Å²) in [5.74, 6) is -0.409. The third-order valence-electron chi connectivity index (χ3n) is 4.59. The maximum absolute atomic E-state index is 13.4. The molecular formula is C23H24N2O3S. The highest BCUT2D eigenvalue weighted by Gasteiger charge is 2.28. The van der Waals surface area contributed by atoms with Crippen molar-refractivity contribution in [1.29, 1.82) is 0 Å². The summed E-state index contributed by atoms with van der Waals surface area (Å²) in [7, 11) is -3.92. The van der Waals surface area contributed by atoms with Gasteiger partial charge in [-0.1, -0.05) is 48.0 Å². The number of carbonyl (C=O) groups excluding carboxylic acids is 1. The number of benzene rings is 3. The van der Waals surface area contributed by atoms with Gasteiger partial charge >= 0.3 is 0 Å². The van der Waals surface area contributed by atoms with Gasteiger partial charge in [-0.2, -0.15) is 0 Å². The lowest BCUT2D eigenvalue weighted by atomic mass is 10.1. The number of amides is 1. The predicted molar refractivity (Wildman–Crippen MR) is 117 cm³/mol. The molecule has 1 N–H and O–H groups in total. The SMILES string of the molecule is Cc1ccc(S(=O)(=O)N(CC(=O)Nc2ccccc2)c2cc(C)ccc2C)cc1. The molecule has 3 rings (SSSR count). The molecule has 150 valence electrons. The van der Waals surface area contributed by atoms with Crippen LogP contribution in [0.15, 0.2) is 77.7 Å². The van der Waals surface area contributed by atoms with E-state index in [4.69, 9.17) is 0 Å². The number of rotatable bonds is 6. The van der Waals surface area contributed by atoms with Crippen molar-refractivity contribution < 1.29 is 13.2 Å². The molecule has 1 amide bonds. The fourth-order valence-electron chi connectivity index (χ4n) is 2.98. The molecule has 0 heterocycles. The molecule has 0 spiro atoms. The second-order valence-corrected chi connectivity index (χ2v) is 8.89. The van der Waals surface area contributed by atoms with Crippen molar-refractivity contribution in [3.8, 4) is 0 Å². The van der Waals surface area contributed by atoms with Gasteiger partial charge in [0.25, 0.3) is 10.0 Å². The smallest absolute Gasteiger partial charge is 0.264 e. The number of nitrogens with zero attached hydrogens (tertiary/aromatic N) is 1. The van der Waals surface area contributed by atoms with E-state index in [1.54, 1.807) is 54.6 Å². The van der Waals surface area contributed by atoms with Crippen LogP contribution in [0.3, 0.4) is 0 Å². The first-order chi connectivity index (χ1) is 13.8. The lowest BCUT2D eigenvalue weighted by Gasteiger charge is -2.26. The molecule has 0 unspecified atom stereocenters. The van der Waals surface area contributed by atoms with Crippen LogP contribution in [0.5, 0.6) is 0 Å². The maximum atomic E-state index is 13.4. The molecule has 3 aromatic rings. The van der Waals surface area contributed by atoms with Crippen LogP contribution in [0.25, 0.3) is 0 Å². The van der Waals surface area contributed by atoms with E-state index in [0.717, 1.165) is 16.7 Å². The molecule has 0 fully saturated rings. The minimum absolute atomic E-state index is 0.150. The van der Waals surface area contributed by atoms with Crippen molar-refractivity contribution in [3.63, 3.8) is 0 Å². The van der Waals surface area contributed by atoms with Crippen molar-refractivity contribution in [2.24, 2.45) is 0 Å². The number of carbonyl (C=O) groups is 1. The van der Waals surface area contributed by atoms with Crippen molar-refractivity contribution in [3.05, 3.63) is 89.5 Å². The van der Waals surface area contributed by atoms with Crippen molar-refractivity contribution in [2.75, 3.05) is 16.2 Å². The molecule has 0 bridgehead atoms. The van der Waals surface area contributed by atoms with Gasteiger partial charge in [0.1, 0.15) is 6.54 Å². The molecule has 0 aliphatic rings. The minimum atomic E-state index is -3.92. The first kappa shape index (κ1) is 20.6. The molecule has 3 aromatic carbocycles. The quantitative estimate of drug-likeness (QED) is 0.655. The number of anilines is 2. The van der Waals surface area contributed by atoms with E-state index >= 15 is 0 Å². The third-order valence-corrected chi connectivity index (χ3v) is 6.36. The van der Waals surface area contributed by atoms with Crippen LogP contribution in [0, 0.1) is 20.8 Å². The Bertz CT molecular complexity index is 1110. The Morgan fingerprint density at radius 1 is 0.862 bits per heavy atom.